The SMILES string of the molecule is COC(=O)/C=C/[C@@H]1O[C@H]1c1ccccc1. The summed E-state index contributed by atoms with van der Waals surface area (Å²) in [6, 6.07) is 9.93. The minimum atomic E-state index is -0.350. The number of ether oxygens (including phenoxy) is 2. The van der Waals surface area contributed by atoms with Crippen LogP contribution in [0.25, 0.3) is 0 Å². The van der Waals surface area contributed by atoms with Gasteiger partial charge in [-0.05, 0) is 11.6 Å². The topological polar surface area (TPSA) is 38.8 Å². The van der Waals surface area contributed by atoms with E-state index in [0.717, 1.165) is 5.56 Å². The van der Waals surface area contributed by atoms with Crippen molar-refractivity contribution >= 4 is 5.97 Å². The molecule has 15 heavy (non-hydrogen) atoms. The van der Waals surface area contributed by atoms with E-state index in [0.29, 0.717) is 0 Å². The van der Waals surface area contributed by atoms with Crippen LogP contribution in [0.3, 0.4) is 0 Å². The summed E-state index contributed by atoms with van der Waals surface area (Å²) in [5, 5.41) is 0. The maximum absolute atomic E-state index is 10.8. The van der Waals surface area contributed by atoms with Crippen molar-refractivity contribution in [2.24, 2.45) is 0 Å². The highest BCUT2D eigenvalue weighted by Gasteiger charge is 2.37. The standard InChI is InChI=1S/C12H12O3/c1-14-11(13)8-7-10-12(15-10)9-5-3-2-4-6-9/h2-8,10,12H,1H3/b8-7+/t10-,12-/m0/s1. The number of rotatable bonds is 3. The van der Waals surface area contributed by atoms with Gasteiger partial charge in [0.2, 0.25) is 0 Å². The normalized spacial score (nSPS) is 24.1. The summed E-state index contributed by atoms with van der Waals surface area (Å²) in [6.07, 6.45) is 3.22. The average molecular weight is 204 g/mol. The monoisotopic (exact) mass is 204 g/mol. The first-order valence-electron chi connectivity index (χ1n) is 4.78. The molecule has 0 bridgehead atoms. The van der Waals surface area contributed by atoms with Gasteiger partial charge in [0.25, 0.3) is 0 Å². The van der Waals surface area contributed by atoms with E-state index in [2.05, 4.69) is 4.74 Å². The molecule has 1 heterocycles. The number of hydrogen-bond acceptors (Lipinski definition) is 3. The predicted molar refractivity (Wildman–Crippen MR) is 55.2 cm³/mol. The molecule has 1 fully saturated rings. The zero-order valence-electron chi connectivity index (χ0n) is 8.42. The molecular formula is C12H12O3. The number of epoxide rings is 1. The van der Waals surface area contributed by atoms with Crippen molar-refractivity contribution in [3.8, 4) is 0 Å². The van der Waals surface area contributed by atoms with Crippen molar-refractivity contribution in [1.29, 1.82) is 0 Å². The Labute approximate surface area is 88.3 Å². The summed E-state index contributed by atoms with van der Waals surface area (Å²) in [5.41, 5.74) is 1.14. The van der Waals surface area contributed by atoms with Crippen LogP contribution in [0.2, 0.25) is 0 Å². The summed E-state index contributed by atoms with van der Waals surface area (Å²) in [7, 11) is 1.36. The Kier molecular flexibility index (Phi) is 2.83. The number of methoxy groups -OCH3 is 1. The van der Waals surface area contributed by atoms with Gasteiger partial charge < -0.3 is 9.47 Å². The molecule has 0 saturated carbocycles. The number of hydrogen-bond donors (Lipinski definition) is 0. The van der Waals surface area contributed by atoms with Gasteiger partial charge in [0, 0.05) is 6.08 Å². The molecule has 1 aromatic carbocycles. The number of carbonyl (C=O) groups is 1. The fraction of sp³-hybridized carbons (Fsp3) is 0.250. The number of carbonyl (C=O) groups excluding carboxylic acids is 1. The predicted octanol–water partition coefficient (Wildman–Crippen LogP) is 1.86. The van der Waals surface area contributed by atoms with Crippen molar-refractivity contribution in [3.63, 3.8) is 0 Å². The molecule has 1 aliphatic rings. The number of esters is 1. The second-order valence-corrected chi connectivity index (χ2v) is 3.31. The van der Waals surface area contributed by atoms with Crippen LogP contribution in [0.1, 0.15) is 11.7 Å². The minimum Gasteiger partial charge on any atom is -0.466 e. The number of benzene rings is 1. The largest absolute Gasteiger partial charge is 0.466 e. The zero-order valence-corrected chi connectivity index (χ0v) is 8.42. The molecular weight excluding hydrogens is 192 g/mol. The molecule has 78 valence electrons. The Morgan fingerprint density at radius 1 is 1.40 bits per heavy atom. The summed E-state index contributed by atoms with van der Waals surface area (Å²) in [6.45, 7) is 0. The molecule has 0 spiro atoms. The highest BCUT2D eigenvalue weighted by Crippen LogP contribution is 2.39. The van der Waals surface area contributed by atoms with Crippen LogP contribution < -0.4 is 0 Å². The van der Waals surface area contributed by atoms with Gasteiger partial charge in [-0.15, -0.1) is 0 Å². The molecule has 0 aromatic heterocycles. The Balaban J connectivity index is 1.92. The average Bonchev–Trinajstić information content (AvgIpc) is 3.06. The van der Waals surface area contributed by atoms with Crippen LogP contribution in [0.4, 0.5) is 0 Å². The van der Waals surface area contributed by atoms with Crippen molar-refractivity contribution in [2.45, 2.75) is 12.2 Å². The third kappa shape index (κ3) is 2.44. The van der Waals surface area contributed by atoms with Gasteiger partial charge in [-0.1, -0.05) is 30.3 Å². The van der Waals surface area contributed by atoms with Crippen LogP contribution >= 0.6 is 0 Å². The van der Waals surface area contributed by atoms with E-state index in [1.807, 2.05) is 30.3 Å². The lowest BCUT2D eigenvalue weighted by molar-refractivity contribution is -0.134. The van der Waals surface area contributed by atoms with Crippen molar-refractivity contribution in [1.82, 2.24) is 0 Å². The van der Waals surface area contributed by atoms with Gasteiger partial charge in [-0.25, -0.2) is 4.79 Å². The summed E-state index contributed by atoms with van der Waals surface area (Å²) >= 11 is 0. The van der Waals surface area contributed by atoms with Gasteiger partial charge in [0.05, 0.1) is 7.11 Å². The molecule has 3 nitrogen and oxygen atoms in total. The maximum Gasteiger partial charge on any atom is 0.330 e. The van der Waals surface area contributed by atoms with Crippen LogP contribution in [-0.4, -0.2) is 19.2 Å². The highest BCUT2D eigenvalue weighted by atomic mass is 16.6. The molecule has 1 aromatic rings. The third-order valence-electron chi connectivity index (χ3n) is 2.28. The lowest BCUT2D eigenvalue weighted by Crippen LogP contribution is -1.95. The van der Waals surface area contributed by atoms with E-state index in [9.17, 15) is 4.79 Å². The van der Waals surface area contributed by atoms with Gasteiger partial charge in [-0.2, -0.15) is 0 Å². The van der Waals surface area contributed by atoms with Crippen LogP contribution in [0.15, 0.2) is 42.5 Å². The Morgan fingerprint density at radius 2 is 2.13 bits per heavy atom. The Bertz CT molecular complexity index is 370. The molecule has 2 atom stereocenters. The quantitative estimate of drug-likeness (QED) is 0.428. The van der Waals surface area contributed by atoms with Crippen LogP contribution in [-0.2, 0) is 14.3 Å². The highest BCUT2D eigenvalue weighted by molar-refractivity contribution is 5.81. The molecule has 0 N–H and O–H groups in total. The first-order chi connectivity index (χ1) is 7.31. The summed E-state index contributed by atoms with van der Waals surface area (Å²) in [5.74, 6) is -0.350. The third-order valence-corrected chi connectivity index (χ3v) is 2.28. The second-order valence-electron chi connectivity index (χ2n) is 3.31. The first kappa shape index (κ1) is 9.93. The Morgan fingerprint density at radius 3 is 2.80 bits per heavy atom. The van der Waals surface area contributed by atoms with Crippen molar-refractivity contribution in [3.05, 3.63) is 48.0 Å². The molecule has 0 amide bonds. The molecule has 0 radical (unpaired) electrons. The summed E-state index contributed by atoms with van der Waals surface area (Å²) in [4.78, 5) is 10.8. The summed E-state index contributed by atoms with van der Waals surface area (Å²) < 4.78 is 9.89. The molecule has 2 rings (SSSR count). The fourth-order valence-corrected chi connectivity index (χ4v) is 1.42. The van der Waals surface area contributed by atoms with Crippen LogP contribution in [0, 0.1) is 0 Å². The molecule has 0 aliphatic carbocycles. The van der Waals surface area contributed by atoms with Gasteiger partial charge in [-0.3, -0.25) is 0 Å². The minimum absolute atomic E-state index is 0.00602. The molecule has 0 unspecified atom stereocenters. The van der Waals surface area contributed by atoms with E-state index in [1.165, 1.54) is 13.2 Å². The second kappa shape index (κ2) is 4.28. The van der Waals surface area contributed by atoms with E-state index in [-0.39, 0.29) is 18.2 Å². The van der Waals surface area contributed by atoms with Crippen molar-refractivity contribution < 1.29 is 14.3 Å². The maximum atomic E-state index is 10.8. The lowest BCUT2D eigenvalue weighted by atomic mass is 10.1. The Hall–Kier alpha value is -1.61. The van der Waals surface area contributed by atoms with E-state index in [1.54, 1.807) is 6.08 Å². The smallest absolute Gasteiger partial charge is 0.330 e. The van der Waals surface area contributed by atoms with E-state index in [4.69, 9.17) is 4.74 Å². The lowest BCUT2D eigenvalue weighted by Gasteiger charge is -1.92. The van der Waals surface area contributed by atoms with Crippen LogP contribution in [0.5, 0.6) is 0 Å². The van der Waals surface area contributed by atoms with Crippen molar-refractivity contribution in [2.75, 3.05) is 7.11 Å². The van der Waals surface area contributed by atoms with Gasteiger partial charge >= 0.3 is 5.97 Å². The first-order valence-corrected chi connectivity index (χ1v) is 4.78. The van der Waals surface area contributed by atoms with Gasteiger partial charge in [0.1, 0.15) is 12.2 Å². The zero-order chi connectivity index (χ0) is 10.7. The molecule has 1 saturated heterocycles. The van der Waals surface area contributed by atoms with E-state index < -0.39 is 0 Å². The molecule has 3 heteroatoms. The van der Waals surface area contributed by atoms with E-state index >= 15 is 0 Å². The molecule has 1 aliphatic heterocycles. The van der Waals surface area contributed by atoms with Gasteiger partial charge in [0.15, 0.2) is 0 Å². The fourth-order valence-electron chi connectivity index (χ4n) is 1.42.